The van der Waals surface area contributed by atoms with E-state index < -0.39 is 0 Å². The highest BCUT2D eigenvalue weighted by Crippen LogP contribution is 2.21. The number of imidazole rings is 1. The molecule has 0 amide bonds. The van der Waals surface area contributed by atoms with Gasteiger partial charge in [-0.25, -0.2) is 4.98 Å². The Morgan fingerprint density at radius 1 is 1.47 bits per heavy atom. The normalized spacial score (nSPS) is 23.8. The Morgan fingerprint density at radius 3 is 3.00 bits per heavy atom. The first kappa shape index (κ1) is 12.2. The fourth-order valence-corrected chi connectivity index (χ4v) is 2.32. The van der Waals surface area contributed by atoms with Gasteiger partial charge in [0.05, 0.1) is 6.33 Å². The van der Waals surface area contributed by atoms with Crippen LogP contribution in [0.2, 0.25) is 0 Å². The molecule has 1 aliphatic rings. The number of aromatic amines is 1. The molecule has 0 aliphatic carbocycles. The van der Waals surface area contributed by atoms with Gasteiger partial charge in [0.1, 0.15) is 5.69 Å². The lowest BCUT2D eigenvalue weighted by Gasteiger charge is -2.34. The summed E-state index contributed by atoms with van der Waals surface area (Å²) >= 11 is 0. The first-order valence-corrected chi connectivity index (χ1v) is 6.55. The number of rotatable bonds is 2. The predicted octanol–water partition coefficient (Wildman–Crippen LogP) is 0.379. The van der Waals surface area contributed by atoms with Crippen molar-refractivity contribution in [2.75, 3.05) is 18.0 Å². The number of hydrogen-bond donors (Lipinski definition) is 2. The van der Waals surface area contributed by atoms with Gasteiger partial charge in [0.25, 0.3) is 0 Å². The number of anilines is 1. The molecule has 102 valence electrons. The fourth-order valence-electron chi connectivity index (χ4n) is 2.32. The van der Waals surface area contributed by atoms with Crippen molar-refractivity contribution in [2.24, 2.45) is 18.7 Å². The van der Waals surface area contributed by atoms with Crippen molar-refractivity contribution in [1.82, 2.24) is 24.7 Å². The molecule has 1 fully saturated rings. The largest absolute Gasteiger partial charge is 0.340 e. The van der Waals surface area contributed by atoms with Crippen molar-refractivity contribution < 1.29 is 0 Å². The van der Waals surface area contributed by atoms with E-state index in [2.05, 4.69) is 32.0 Å². The molecule has 2 atom stereocenters. The van der Waals surface area contributed by atoms with E-state index in [0.717, 1.165) is 25.2 Å². The number of aromatic nitrogens is 5. The van der Waals surface area contributed by atoms with Gasteiger partial charge < -0.3 is 15.2 Å². The van der Waals surface area contributed by atoms with E-state index in [1.807, 2.05) is 17.8 Å². The number of nitrogens with one attached hydrogen (secondary N) is 1. The van der Waals surface area contributed by atoms with E-state index in [-0.39, 0.29) is 6.04 Å². The van der Waals surface area contributed by atoms with Gasteiger partial charge in [-0.2, -0.15) is 4.98 Å². The van der Waals surface area contributed by atoms with Crippen molar-refractivity contribution in [3.05, 3.63) is 12.5 Å². The Hall–Kier alpha value is -1.89. The quantitative estimate of drug-likeness (QED) is 0.815. The lowest BCUT2D eigenvalue weighted by molar-refractivity contribution is 0.376. The van der Waals surface area contributed by atoms with Crippen LogP contribution in [0.4, 0.5) is 5.95 Å². The van der Waals surface area contributed by atoms with Crippen LogP contribution in [0.25, 0.3) is 11.5 Å². The second-order valence-electron chi connectivity index (χ2n) is 5.28. The van der Waals surface area contributed by atoms with Crippen LogP contribution in [-0.2, 0) is 7.05 Å². The molecule has 1 saturated heterocycles. The van der Waals surface area contributed by atoms with Crippen molar-refractivity contribution >= 4 is 5.95 Å². The maximum Gasteiger partial charge on any atom is 0.245 e. The molecule has 0 aromatic carbocycles. The topological polar surface area (TPSA) is 88.7 Å². The summed E-state index contributed by atoms with van der Waals surface area (Å²) in [5.74, 6) is 1.97. The predicted molar refractivity (Wildman–Crippen MR) is 72.6 cm³/mol. The first-order chi connectivity index (χ1) is 9.13. The summed E-state index contributed by atoms with van der Waals surface area (Å²) < 4.78 is 1.88. The summed E-state index contributed by atoms with van der Waals surface area (Å²) in [5, 5.41) is 7.21. The third-order valence-corrected chi connectivity index (χ3v) is 3.72. The molecule has 0 spiro atoms. The zero-order valence-electron chi connectivity index (χ0n) is 11.2. The highest BCUT2D eigenvalue weighted by atomic mass is 15.4. The summed E-state index contributed by atoms with van der Waals surface area (Å²) in [4.78, 5) is 10.9. The van der Waals surface area contributed by atoms with Gasteiger partial charge in [0.15, 0.2) is 5.82 Å². The van der Waals surface area contributed by atoms with Gasteiger partial charge in [0, 0.05) is 32.4 Å². The summed E-state index contributed by atoms with van der Waals surface area (Å²) in [6.45, 7) is 3.95. The molecule has 0 bridgehead atoms. The molecule has 3 N–H and O–H groups in total. The van der Waals surface area contributed by atoms with E-state index in [1.165, 1.54) is 0 Å². The minimum Gasteiger partial charge on any atom is -0.340 e. The van der Waals surface area contributed by atoms with Crippen LogP contribution < -0.4 is 10.6 Å². The Labute approximate surface area is 111 Å². The maximum atomic E-state index is 6.10. The highest BCUT2D eigenvalue weighted by Gasteiger charge is 2.25. The Morgan fingerprint density at radius 2 is 2.32 bits per heavy atom. The average molecular weight is 261 g/mol. The number of hydrogen-bond acceptors (Lipinski definition) is 5. The van der Waals surface area contributed by atoms with Gasteiger partial charge in [-0.15, -0.1) is 5.10 Å². The van der Waals surface area contributed by atoms with Crippen molar-refractivity contribution in [3.8, 4) is 11.5 Å². The highest BCUT2D eigenvalue weighted by molar-refractivity contribution is 5.50. The molecule has 7 heteroatoms. The number of H-pyrrole nitrogens is 1. The lowest BCUT2D eigenvalue weighted by atomic mass is 9.95. The molecule has 19 heavy (non-hydrogen) atoms. The molecular formula is C12H19N7. The van der Waals surface area contributed by atoms with Gasteiger partial charge in [-0.3, -0.25) is 5.10 Å². The zero-order chi connectivity index (χ0) is 13.4. The van der Waals surface area contributed by atoms with Gasteiger partial charge in [0.2, 0.25) is 5.95 Å². The van der Waals surface area contributed by atoms with Crippen molar-refractivity contribution in [1.29, 1.82) is 0 Å². The monoisotopic (exact) mass is 261 g/mol. The van der Waals surface area contributed by atoms with Crippen LogP contribution in [0.1, 0.15) is 13.3 Å². The van der Waals surface area contributed by atoms with Gasteiger partial charge >= 0.3 is 0 Å². The Balaban J connectivity index is 1.78. The smallest absolute Gasteiger partial charge is 0.245 e. The third-order valence-electron chi connectivity index (χ3n) is 3.72. The van der Waals surface area contributed by atoms with Crippen LogP contribution >= 0.6 is 0 Å². The second-order valence-corrected chi connectivity index (χ2v) is 5.28. The molecule has 3 rings (SSSR count). The minimum absolute atomic E-state index is 0.186. The molecule has 2 aromatic rings. The van der Waals surface area contributed by atoms with E-state index in [1.54, 1.807) is 6.33 Å². The molecule has 7 nitrogen and oxygen atoms in total. The summed E-state index contributed by atoms with van der Waals surface area (Å²) in [5.41, 5.74) is 6.91. The average Bonchev–Trinajstić information content (AvgIpc) is 3.01. The molecule has 3 heterocycles. The summed E-state index contributed by atoms with van der Waals surface area (Å²) in [7, 11) is 1.93. The van der Waals surface area contributed by atoms with E-state index >= 15 is 0 Å². The molecular weight excluding hydrogens is 242 g/mol. The third kappa shape index (κ3) is 2.33. The zero-order valence-corrected chi connectivity index (χ0v) is 11.2. The standard InChI is InChI=1S/C12H19N7/c1-8-3-4-19(5-9(8)13)12-15-11(16-17-12)10-6-18(2)7-14-10/h6-9H,3-5,13H2,1-2H3,(H,15,16,17). The van der Waals surface area contributed by atoms with E-state index in [9.17, 15) is 0 Å². The van der Waals surface area contributed by atoms with Crippen LogP contribution in [0.15, 0.2) is 12.5 Å². The second kappa shape index (κ2) is 4.65. The SMILES string of the molecule is CC1CCN(c2n[nH]c(-c3cn(C)cn3)n2)CC1N. The van der Waals surface area contributed by atoms with Crippen molar-refractivity contribution in [3.63, 3.8) is 0 Å². The fraction of sp³-hybridized carbons (Fsp3) is 0.583. The minimum atomic E-state index is 0.186. The van der Waals surface area contributed by atoms with Gasteiger partial charge in [-0.05, 0) is 12.3 Å². The van der Waals surface area contributed by atoms with E-state index in [0.29, 0.717) is 17.7 Å². The van der Waals surface area contributed by atoms with Crippen LogP contribution in [0.5, 0.6) is 0 Å². The first-order valence-electron chi connectivity index (χ1n) is 6.55. The number of aryl methyl sites for hydroxylation is 1. The maximum absolute atomic E-state index is 6.10. The Kier molecular flexibility index (Phi) is 2.98. The van der Waals surface area contributed by atoms with Crippen LogP contribution in [0, 0.1) is 5.92 Å². The van der Waals surface area contributed by atoms with Gasteiger partial charge in [-0.1, -0.05) is 6.92 Å². The van der Waals surface area contributed by atoms with Crippen molar-refractivity contribution in [2.45, 2.75) is 19.4 Å². The number of nitrogens with zero attached hydrogens (tertiary/aromatic N) is 5. The lowest BCUT2D eigenvalue weighted by Crippen LogP contribution is -2.48. The number of nitrogens with two attached hydrogens (primary N) is 1. The van der Waals surface area contributed by atoms with E-state index in [4.69, 9.17) is 5.73 Å². The molecule has 0 saturated carbocycles. The van der Waals surface area contributed by atoms with Crippen LogP contribution in [0.3, 0.4) is 0 Å². The molecule has 2 aromatic heterocycles. The Bertz CT molecular complexity index is 558. The molecule has 2 unspecified atom stereocenters. The summed E-state index contributed by atoms with van der Waals surface area (Å²) in [6, 6.07) is 0.186. The molecule has 0 radical (unpaired) electrons. The van der Waals surface area contributed by atoms with Crippen LogP contribution in [-0.4, -0.2) is 43.9 Å². The molecule has 1 aliphatic heterocycles. The number of piperidine rings is 1. The summed E-state index contributed by atoms with van der Waals surface area (Å²) in [6.07, 6.45) is 4.74.